The van der Waals surface area contributed by atoms with Crippen molar-refractivity contribution in [1.29, 1.82) is 0 Å². The summed E-state index contributed by atoms with van der Waals surface area (Å²) in [7, 11) is 0. The molecule has 0 aromatic carbocycles. The zero-order chi connectivity index (χ0) is 15.3. The van der Waals surface area contributed by atoms with Crippen molar-refractivity contribution >= 4 is 5.84 Å². The fourth-order valence-electron chi connectivity index (χ4n) is 1.88. The standard InChI is InChI=1S/C17H32N2/c1-14(2,3)12-11-17(10,16(7,8)9)19-13(18-12)15(4,5)6/h11H,1-10H3,(H,18,19). The Morgan fingerprint density at radius 2 is 1.37 bits per heavy atom. The van der Waals surface area contributed by atoms with Crippen LogP contribution < -0.4 is 5.32 Å². The number of allylic oxidation sites excluding steroid dienone is 1. The van der Waals surface area contributed by atoms with Crippen molar-refractivity contribution in [2.45, 2.75) is 74.8 Å². The van der Waals surface area contributed by atoms with Crippen LogP contribution in [-0.2, 0) is 0 Å². The highest BCUT2D eigenvalue weighted by atomic mass is 15.1. The summed E-state index contributed by atoms with van der Waals surface area (Å²) in [5.74, 6) is 1.09. The van der Waals surface area contributed by atoms with Gasteiger partial charge in [-0.3, -0.25) is 4.99 Å². The van der Waals surface area contributed by atoms with Crippen molar-refractivity contribution in [2.24, 2.45) is 21.2 Å². The molecule has 1 rings (SSSR count). The third kappa shape index (κ3) is 3.40. The van der Waals surface area contributed by atoms with Crippen LogP contribution in [0.4, 0.5) is 0 Å². The Labute approximate surface area is 119 Å². The second-order valence-corrected chi connectivity index (χ2v) is 9.04. The minimum atomic E-state index is -0.163. The second-order valence-electron chi connectivity index (χ2n) is 9.04. The molecule has 110 valence electrons. The van der Waals surface area contributed by atoms with E-state index in [1.165, 1.54) is 5.70 Å². The molecular weight excluding hydrogens is 232 g/mol. The van der Waals surface area contributed by atoms with Crippen LogP contribution in [-0.4, -0.2) is 11.4 Å². The minimum absolute atomic E-state index is 0.0390. The molecule has 1 aliphatic heterocycles. The maximum Gasteiger partial charge on any atom is 0.107 e. The summed E-state index contributed by atoms with van der Waals surface area (Å²) in [5, 5.41) is 3.57. The summed E-state index contributed by atoms with van der Waals surface area (Å²) in [5.41, 5.74) is 1.37. The van der Waals surface area contributed by atoms with Gasteiger partial charge in [0, 0.05) is 16.5 Å². The zero-order valence-electron chi connectivity index (χ0n) is 14.5. The topological polar surface area (TPSA) is 24.4 Å². The molecule has 0 bridgehead atoms. The lowest BCUT2D eigenvalue weighted by Crippen LogP contribution is -2.49. The van der Waals surface area contributed by atoms with Crippen molar-refractivity contribution in [1.82, 2.24) is 5.32 Å². The summed E-state index contributed by atoms with van der Waals surface area (Å²) in [4.78, 5) is 5.05. The number of nitrogens with one attached hydrogen (secondary N) is 1. The van der Waals surface area contributed by atoms with Gasteiger partial charge in [0.05, 0.1) is 5.54 Å². The molecule has 1 N–H and O–H groups in total. The maximum absolute atomic E-state index is 5.05. The fraction of sp³-hybridized carbons (Fsp3) is 0.824. The lowest BCUT2D eigenvalue weighted by molar-refractivity contribution is 0.252. The summed E-state index contributed by atoms with van der Waals surface area (Å²) in [6.07, 6.45) is 2.32. The van der Waals surface area contributed by atoms with Crippen LogP contribution in [0.15, 0.2) is 16.8 Å². The zero-order valence-corrected chi connectivity index (χ0v) is 14.5. The summed E-state index contributed by atoms with van der Waals surface area (Å²) in [6, 6.07) is 0. The third-order valence-corrected chi connectivity index (χ3v) is 4.06. The van der Waals surface area contributed by atoms with Gasteiger partial charge in [-0.25, -0.2) is 0 Å². The van der Waals surface area contributed by atoms with Crippen LogP contribution in [0.1, 0.15) is 69.2 Å². The van der Waals surface area contributed by atoms with E-state index in [2.05, 4.69) is 80.6 Å². The molecule has 0 amide bonds. The molecular formula is C17H32N2. The molecule has 0 spiro atoms. The fourth-order valence-corrected chi connectivity index (χ4v) is 1.88. The number of nitrogens with zero attached hydrogens (tertiary/aromatic N) is 1. The van der Waals surface area contributed by atoms with Crippen molar-refractivity contribution in [3.8, 4) is 0 Å². The van der Waals surface area contributed by atoms with E-state index in [1.807, 2.05) is 0 Å². The Morgan fingerprint density at radius 1 is 0.895 bits per heavy atom. The summed E-state index contributed by atoms with van der Waals surface area (Å²) >= 11 is 0. The molecule has 0 saturated heterocycles. The molecule has 1 unspecified atom stereocenters. The van der Waals surface area contributed by atoms with E-state index in [4.69, 9.17) is 4.99 Å². The van der Waals surface area contributed by atoms with Crippen LogP contribution in [0, 0.1) is 16.2 Å². The van der Waals surface area contributed by atoms with E-state index >= 15 is 0 Å². The molecule has 1 heterocycles. The van der Waals surface area contributed by atoms with Crippen molar-refractivity contribution in [3.05, 3.63) is 11.8 Å². The molecule has 0 saturated carbocycles. The highest BCUT2D eigenvalue weighted by molar-refractivity contribution is 5.90. The van der Waals surface area contributed by atoms with Crippen LogP contribution in [0.25, 0.3) is 0 Å². The SMILES string of the molecule is CC(C)(C)C1=CC(C)(C(C)(C)C)N=C(C(C)(C)C)N1. The Balaban J connectivity index is 3.39. The highest BCUT2D eigenvalue weighted by Gasteiger charge is 2.41. The average molecular weight is 264 g/mol. The number of hydrogen-bond acceptors (Lipinski definition) is 2. The molecule has 1 aliphatic rings. The van der Waals surface area contributed by atoms with Gasteiger partial charge < -0.3 is 5.32 Å². The van der Waals surface area contributed by atoms with Gasteiger partial charge in [-0.15, -0.1) is 0 Å². The molecule has 0 radical (unpaired) electrons. The predicted molar refractivity (Wildman–Crippen MR) is 85.4 cm³/mol. The molecule has 0 aromatic heterocycles. The first kappa shape index (κ1) is 16.3. The van der Waals surface area contributed by atoms with Crippen LogP contribution in [0.2, 0.25) is 0 Å². The highest BCUT2D eigenvalue weighted by Crippen LogP contribution is 2.41. The minimum Gasteiger partial charge on any atom is -0.347 e. The summed E-state index contributed by atoms with van der Waals surface area (Å²) < 4.78 is 0. The Hall–Kier alpha value is -0.790. The van der Waals surface area contributed by atoms with E-state index in [9.17, 15) is 0 Å². The molecule has 2 heteroatoms. The molecule has 1 atom stereocenters. The second kappa shape index (κ2) is 4.36. The van der Waals surface area contributed by atoms with Crippen molar-refractivity contribution in [3.63, 3.8) is 0 Å². The predicted octanol–water partition coefficient (Wildman–Crippen LogP) is 4.77. The van der Waals surface area contributed by atoms with Crippen molar-refractivity contribution < 1.29 is 0 Å². The largest absolute Gasteiger partial charge is 0.347 e. The maximum atomic E-state index is 5.05. The molecule has 19 heavy (non-hydrogen) atoms. The Morgan fingerprint density at radius 3 is 1.68 bits per heavy atom. The number of rotatable bonds is 0. The number of amidine groups is 1. The molecule has 2 nitrogen and oxygen atoms in total. The van der Waals surface area contributed by atoms with Crippen LogP contribution >= 0.6 is 0 Å². The average Bonchev–Trinajstić information content (AvgIpc) is 2.12. The van der Waals surface area contributed by atoms with E-state index in [0.29, 0.717) is 0 Å². The quantitative estimate of drug-likeness (QED) is 0.669. The van der Waals surface area contributed by atoms with E-state index < -0.39 is 0 Å². The lowest BCUT2D eigenvalue weighted by atomic mass is 9.72. The van der Waals surface area contributed by atoms with Gasteiger partial charge in [-0.2, -0.15) is 0 Å². The Bertz CT molecular complexity index is 376. The van der Waals surface area contributed by atoms with Gasteiger partial charge in [0.1, 0.15) is 5.84 Å². The van der Waals surface area contributed by atoms with Crippen molar-refractivity contribution in [2.75, 3.05) is 0 Å². The normalized spacial score (nSPS) is 25.6. The van der Waals surface area contributed by atoms with E-state index in [0.717, 1.165) is 5.84 Å². The van der Waals surface area contributed by atoms with E-state index in [-0.39, 0.29) is 21.8 Å². The van der Waals surface area contributed by atoms with Gasteiger partial charge in [0.15, 0.2) is 0 Å². The number of aliphatic imine (C=N–C) groups is 1. The lowest BCUT2D eigenvalue weighted by Gasteiger charge is -2.44. The monoisotopic (exact) mass is 264 g/mol. The molecule has 0 aromatic rings. The first-order valence-electron chi connectivity index (χ1n) is 7.27. The van der Waals surface area contributed by atoms with Gasteiger partial charge in [0.2, 0.25) is 0 Å². The molecule has 0 aliphatic carbocycles. The number of hydrogen-bond donors (Lipinski definition) is 1. The van der Waals surface area contributed by atoms with Gasteiger partial charge in [-0.1, -0.05) is 62.3 Å². The van der Waals surface area contributed by atoms with Gasteiger partial charge in [0.25, 0.3) is 0 Å². The van der Waals surface area contributed by atoms with Gasteiger partial charge in [-0.05, 0) is 18.4 Å². The molecule has 0 fully saturated rings. The van der Waals surface area contributed by atoms with Gasteiger partial charge >= 0.3 is 0 Å². The summed E-state index contributed by atoms with van der Waals surface area (Å²) in [6.45, 7) is 22.4. The van der Waals surface area contributed by atoms with Crippen LogP contribution in [0.3, 0.4) is 0 Å². The first-order chi connectivity index (χ1) is 8.17. The Kier molecular flexibility index (Phi) is 3.73. The van der Waals surface area contributed by atoms with E-state index in [1.54, 1.807) is 0 Å². The van der Waals surface area contributed by atoms with Crippen LogP contribution in [0.5, 0.6) is 0 Å². The smallest absolute Gasteiger partial charge is 0.107 e. The third-order valence-electron chi connectivity index (χ3n) is 4.06. The first-order valence-corrected chi connectivity index (χ1v) is 7.27.